The van der Waals surface area contributed by atoms with E-state index in [1.54, 1.807) is 24.3 Å². The van der Waals surface area contributed by atoms with Crippen LogP contribution in [-0.4, -0.2) is 11.8 Å². The average Bonchev–Trinajstić information content (AvgIpc) is 2.73. The molecular weight excluding hydrogens is 386 g/mol. The van der Waals surface area contributed by atoms with Crippen LogP contribution in [0.15, 0.2) is 72.8 Å². The monoisotopic (exact) mass is 408 g/mol. The van der Waals surface area contributed by atoms with Gasteiger partial charge in [-0.2, -0.15) is 0 Å². The molecule has 3 aromatic carbocycles. The van der Waals surface area contributed by atoms with E-state index in [1.165, 1.54) is 36.4 Å². The summed E-state index contributed by atoms with van der Waals surface area (Å²) < 4.78 is 26.2. The summed E-state index contributed by atoms with van der Waals surface area (Å²) in [5.74, 6) is -1.17. The van der Waals surface area contributed by atoms with Crippen LogP contribution < -0.4 is 10.6 Å². The molecule has 4 nitrogen and oxygen atoms in total. The van der Waals surface area contributed by atoms with Crippen molar-refractivity contribution in [3.05, 3.63) is 101 Å². The van der Waals surface area contributed by atoms with Gasteiger partial charge in [-0.15, -0.1) is 0 Å². The van der Waals surface area contributed by atoms with Crippen molar-refractivity contribution in [2.24, 2.45) is 0 Å². The molecule has 6 heteroatoms. The van der Waals surface area contributed by atoms with E-state index in [2.05, 4.69) is 10.6 Å². The number of halogens is 2. The van der Waals surface area contributed by atoms with Crippen molar-refractivity contribution in [2.45, 2.75) is 25.8 Å². The number of anilines is 1. The van der Waals surface area contributed by atoms with Crippen LogP contribution in [0.3, 0.4) is 0 Å². The van der Waals surface area contributed by atoms with Gasteiger partial charge < -0.3 is 10.6 Å². The molecule has 1 unspecified atom stereocenters. The highest BCUT2D eigenvalue weighted by atomic mass is 19.1. The summed E-state index contributed by atoms with van der Waals surface area (Å²) in [7, 11) is 0. The Labute approximate surface area is 173 Å². The molecule has 0 radical (unpaired) electrons. The zero-order chi connectivity index (χ0) is 21.5. The number of benzene rings is 3. The molecule has 0 heterocycles. The highest BCUT2D eigenvalue weighted by Gasteiger charge is 2.11. The number of hydrogen-bond donors (Lipinski definition) is 2. The largest absolute Gasteiger partial charge is 0.350 e. The SMILES string of the molecule is CC(NC(=O)CCc1cccc(F)c1)c1ccc(NC(=O)c2ccc(F)cc2)cc1. The zero-order valence-corrected chi connectivity index (χ0v) is 16.5. The lowest BCUT2D eigenvalue weighted by Gasteiger charge is -2.15. The van der Waals surface area contributed by atoms with Crippen molar-refractivity contribution < 1.29 is 18.4 Å². The Balaban J connectivity index is 1.51. The van der Waals surface area contributed by atoms with Crippen molar-refractivity contribution in [2.75, 3.05) is 5.32 Å². The molecule has 2 amide bonds. The van der Waals surface area contributed by atoms with Gasteiger partial charge in [0.15, 0.2) is 0 Å². The molecule has 0 bridgehead atoms. The average molecular weight is 408 g/mol. The predicted molar refractivity (Wildman–Crippen MR) is 112 cm³/mol. The molecule has 0 aliphatic rings. The minimum Gasteiger partial charge on any atom is -0.350 e. The summed E-state index contributed by atoms with van der Waals surface area (Å²) in [5.41, 5.74) is 2.62. The van der Waals surface area contributed by atoms with Crippen LogP contribution in [0.2, 0.25) is 0 Å². The van der Waals surface area contributed by atoms with Crippen LogP contribution in [0, 0.1) is 11.6 Å². The van der Waals surface area contributed by atoms with Gasteiger partial charge in [-0.25, -0.2) is 8.78 Å². The van der Waals surface area contributed by atoms with E-state index in [1.807, 2.05) is 19.1 Å². The van der Waals surface area contributed by atoms with Crippen molar-refractivity contribution in [1.29, 1.82) is 0 Å². The van der Waals surface area contributed by atoms with Crippen LogP contribution in [0.5, 0.6) is 0 Å². The Morgan fingerprint density at radius 2 is 1.60 bits per heavy atom. The third kappa shape index (κ3) is 5.98. The van der Waals surface area contributed by atoms with Crippen LogP contribution in [-0.2, 0) is 11.2 Å². The van der Waals surface area contributed by atoms with Gasteiger partial charge >= 0.3 is 0 Å². The first kappa shape index (κ1) is 21.2. The Morgan fingerprint density at radius 1 is 0.900 bits per heavy atom. The maximum atomic E-state index is 13.2. The molecule has 0 aliphatic carbocycles. The van der Waals surface area contributed by atoms with Crippen molar-refractivity contribution in [3.63, 3.8) is 0 Å². The van der Waals surface area contributed by atoms with Crippen LogP contribution in [0.25, 0.3) is 0 Å². The standard InChI is InChI=1S/C24H22F2N2O2/c1-16(27-23(29)14-5-17-3-2-4-21(26)15-17)18-8-12-22(13-9-18)28-24(30)19-6-10-20(25)11-7-19/h2-4,6-13,15-16H,5,14H2,1H3,(H,27,29)(H,28,30). The predicted octanol–water partition coefficient (Wildman–Crippen LogP) is 5.03. The molecule has 154 valence electrons. The summed E-state index contributed by atoms with van der Waals surface area (Å²) in [4.78, 5) is 24.4. The second-order valence-corrected chi connectivity index (χ2v) is 7.00. The van der Waals surface area contributed by atoms with Crippen molar-refractivity contribution in [3.8, 4) is 0 Å². The van der Waals surface area contributed by atoms with Crippen molar-refractivity contribution >= 4 is 17.5 Å². The lowest BCUT2D eigenvalue weighted by molar-refractivity contribution is -0.121. The van der Waals surface area contributed by atoms with Gasteiger partial charge in [-0.05, 0) is 73.0 Å². The molecule has 1 atom stereocenters. The highest BCUT2D eigenvalue weighted by Crippen LogP contribution is 2.17. The first-order chi connectivity index (χ1) is 14.4. The van der Waals surface area contributed by atoms with Gasteiger partial charge in [-0.3, -0.25) is 9.59 Å². The molecule has 0 spiro atoms. The highest BCUT2D eigenvalue weighted by molar-refractivity contribution is 6.04. The minimum absolute atomic E-state index is 0.125. The molecule has 0 fully saturated rings. The number of rotatable bonds is 7. The molecule has 0 aliphatic heterocycles. The fraction of sp³-hybridized carbons (Fsp3) is 0.167. The Kier molecular flexibility index (Phi) is 6.91. The molecule has 3 aromatic rings. The number of hydrogen-bond acceptors (Lipinski definition) is 2. The first-order valence-corrected chi connectivity index (χ1v) is 9.61. The molecular formula is C24H22F2N2O2. The van der Waals surface area contributed by atoms with E-state index in [9.17, 15) is 18.4 Å². The topological polar surface area (TPSA) is 58.2 Å². The summed E-state index contributed by atoms with van der Waals surface area (Å²) in [5, 5.41) is 5.67. The fourth-order valence-corrected chi connectivity index (χ4v) is 3.01. The summed E-state index contributed by atoms with van der Waals surface area (Å²) in [6, 6.07) is 18.4. The summed E-state index contributed by atoms with van der Waals surface area (Å²) in [6.07, 6.45) is 0.726. The normalized spacial score (nSPS) is 11.6. The number of aryl methyl sites for hydroxylation is 1. The van der Waals surface area contributed by atoms with Gasteiger partial charge in [0.1, 0.15) is 11.6 Å². The number of carbonyl (C=O) groups is 2. The summed E-state index contributed by atoms with van der Waals surface area (Å²) >= 11 is 0. The third-order valence-corrected chi connectivity index (χ3v) is 4.68. The smallest absolute Gasteiger partial charge is 0.255 e. The maximum absolute atomic E-state index is 13.2. The van der Waals surface area contributed by atoms with Gasteiger partial charge in [0.05, 0.1) is 6.04 Å². The molecule has 0 saturated carbocycles. The second-order valence-electron chi connectivity index (χ2n) is 7.00. The molecule has 0 aromatic heterocycles. The van der Waals surface area contributed by atoms with E-state index >= 15 is 0 Å². The van der Waals surface area contributed by atoms with Gasteiger partial charge in [0.2, 0.25) is 5.91 Å². The lowest BCUT2D eigenvalue weighted by Crippen LogP contribution is -2.26. The first-order valence-electron chi connectivity index (χ1n) is 9.61. The lowest BCUT2D eigenvalue weighted by atomic mass is 10.1. The Bertz CT molecular complexity index is 1020. The zero-order valence-electron chi connectivity index (χ0n) is 16.5. The number of carbonyl (C=O) groups excluding carboxylic acids is 2. The van der Waals surface area contributed by atoms with Gasteiger partial charge in [0.25, 0.3) is 5.91 Å². The number of amides is 2. The second kappa shape index (κ2) is 9.78. The van der Waals surface area contributed by atoms with E-state index in [0.29, 0.717) is 17.7 Å². The van der Waals surface area contributed by atoms with Crippen LogP contribution >= 0.6 is 0 Å². The summed E-state index contributed by atoms with van der Waals surface area (Å²) in [6.45, 7) is 1.87. The number of nitrogens with one attached hydrogen (secondary N) is 2. The van der Waals surface area contributed by atoms with E-state index in [-0.39, 0.29) is 30.1 Å². The molecule has 3 rings (SSSR count). The van der Waals surface area contributed by atoms with E-state index in [0.717, 1.165) is 11.1 Å². The molecule has 30 heavy (non-hydrogen) atoms. The Morgan fingerprint density at radius 3 is 2.27 bits per heavy atom. The quantitative estimate of drug-likeness (QED) is 0.576. The molecule has 0 saturated heterocycles. The van der Waals surface area contributed by atoms with Gasteiger partial charge in [-0.1, -0.05) is 24.3 Å². The third-order valence-electron chi connectivity index (χ3n) is 4.68. The fourth-order valence-electron chi connectivity index (χ4n) is 3.01. The van der Waals surface area contributed by atoms with Crippen LogP contribution in [0.4, 0.5) is 14.5 Å². The molecule has 2 N–H and O–H groups in total. The van der Waals surface area contributed by atoms with Crippen molar-refractivity contribution in [1.82, 2.24) is 5.32 Å². The van der Waals surface area contributed by atoms with Gasteiger partial charge in [0, 0.05) is 17.7 Å². The van der Waals surface area contributed by atoms with E-state index < -0.39 is 5.82 Å². The van der Waals surface area contributed by atoms with E-state index in [4.69, 9.17) is 0 Å². The van der Waals surface area contributed by atoms with Crippen LogP contribution in [0.1, 0.15) is 40.9 Å². The maximum Gasteiger partial charge on any atom is 0.255 e. The Hall–Kier alpha value is -3.54. The minimum atomic E-state index is -0.400.